The van der Waals surface area contributed by atoms with E-state index in [1.165, 1.54) is 54.7 Å². The number of hydrogen-bond donors (Lipinski definition) is 0. The first-order valence-corrected chi connectivity index (χ1v) is 12.0. The largest absolute Gasteiger partial charge is 0.318 e. The summed E-state index contributed by atoms with van der Waals surface area (Å²) < 4.78 is 2.31. The Morgan fingerprint density at radius 2 is 1.69 bits per heavy atom. The first-order valence-electron chi connectivity index (χ1n) is 12.0. The van der Waals surface area contributed by atoms with Gasteiger partial charge in [-0.25, -0.2) is 0 Å². The molecule has 0 radical (unpaired) electrons. The zero-order valence-corrected chi connectivity index (χ0v) is 19.4. The van der Waals surface area contributed by atoms with Crippen LogP contribution in [-0.4, -0.2) is 17.0 Å². The minimum Gasteiger partial charge on any atom is -0.318 e. The van der Waals surface area contributed by atoms with Gasteiger partial charge in [0.15, 0.2) is 0 Å². The molecule has 164 valence electrons. The second-order valence-corrected chi connectivity index (χ2v) is 9.21. The van der Waals surface area contributed by atoms with E-state index in [1.807, 2.05) is 30.0 Å². The highest BCUT2D eigenvalue weighted by Crippen LogP contribution is 2.38. The number of para-hydroxylation sites is 1. The molecule has 1 fully saturated rings. The number of carbonyl (C=O) groups excluding carboxylic acids is 1. The number of anilines is 1. The standard InChI is InChI=1S/C29H32N2O/c1-4-30-28-13-9-8-12-26(28)27(29(30)32)19-24-18-20(2)31(21(24)3)25-16-14-23(15-17-25)22-10-6-5-7-11-22/h8-9,12-19,22H,4-7,10-11H2,1-3H3/b27-19+. The molecule has 0 bridgehead atoms. The molecule has 5 rings (SSSR count). The maximum atomic E-state index is 13.1. The number of amides is 1. The van der Waals surface area contributed by atoms with Crippen LogP contribution in [-0.2, 0) is 4.79 Å². The molecule has 1 amide bonds. The fourth-order valence-corrected chi connectivity index (χ4v) is 5.58. The lowest BCUT2D eigenvalue weighted by atomic mass is 9.84. The van der Waals surface area contributed by atoms with Gasteiger partial charge in [-0.2, -0.15) is 0 Å². The van der Waals surface area contributed by atoms with E-state index < -0.39 is 0 Å². The van der Waals surface area contributed by atoms with Crippen LogP contribution in [0.5, 0.6) is 0 Å². The van der Waals surface area contributed by atoms with Crippen molar-refractivity contribution in [1.29, 1.82) is 0 Å². The number of nitrogens with zero attached hydrogens (tertiary/aromatic N) is 2. The van der Waals surface area contributed by atoms with Crippen LogP contribution in [0.2, 0.25) is 0 Å². The average Bonchev–Trinajstić information content (AvgIpc) is 3.26. The highest BCUT2D eigenvalue weighted by atomic mass is 16.2. The highest BCUT2D eigenvalue weighted by Gasteiger charge is 2.31. The summed E-state index contributed by atoms with van der Waals surface area (Å²) in [6.45, 7) is 7.00. The summed E-state index contributed by atoms with van der Waals surface area (Å²) in [5.74, 6) is 0.815. The number of likely N-dealkylation sites (N-methyl/N-ethyl adjacent to an activating group) is 1. The molecular formula is C29H32N2O. The van der Waals surface area contributed by atoms with Crippen molar-refractivity contribution in [3.8, 4) is 5.69 Å². The van der Waals surface area contributed by atoms with Crippen LogP contribution < -0.4 is 4.90 Å². The van der Waals surface area contributed by atoms with Crippen LogP contribution in [0.1, 0.15) is 73.0 Å². The summed E-state index contributed by atoms with van der Waals surface area (Å²) in [6.07, 6.45) is 8.82. The fourth-order valence-electron chi connectivity index (χ4n) is 5.58. The van der Waals surface area contributed by atoms with Crippen LogP contribution >= 0.6 is 0 Å². The molecule has 0 N–H and O–H groups in total. The molecule has 3 nitrogen and oxygen atoms in total. The summed E-state index contributed by atoms with van der Waals surface area (Å²) in [5.41, 5.74) is 8.96. The molecule has 1 aliphatic heterocycles. The zero-order valence-electron chi connectivity index (χ0n) is 19.4. The normalized spacial score (nSPS) is 17.9. The molecule has 0 spiro atoms. The smallest absolute Gasteiger partial charge is 0.258 e. The number of rotatable bonds is 4. The fraction of sp³-hybridized carbons (Fsp3) is 0.345. The average molecular weight is 425 g/mol. The Labute approximate surface area is 191 Å². The van der Waals surface area contributed by atoms with Crippen molar-refractivity contribution in [3.05, 3.63) is 82.7 Å². The number of benzene rings is 2. The Hall–Kier alpha value is -3.07. The molecule has 32 heavy (non-hydrogen) atoms. The van der Waals surface area contributed by atoms with Gasteiger partial charge in [0, 0.05) is 34.8 Å². The highest BCUT2D eigenvalue weighted by molar-refractivity contribution is 6.35. The summed E-state index contributed by atoms with van der Waals surface area (Å²) >= 11 is 0. The first-order chi connectivity index (χ1) is 15.6. The third-order valence-corrected chi connectivity index (χ3v) is 7.27. The van der Waals surface area contributed by atoms with Gasteiger partial charge in [0.25, 0.3) is 5.91 Å². The summed E-state index contributed by atoms with van der Waals surface area (Å²) in [5, 5.41) is 0. The Kier molecular flexibility index (Phi) is 5.50. The van der Waals surface area contributed by atoms with Gasteiger partial charge < -0.3 is 9.47 Å². The summed E-state index contributed by atoms with van der Waals surface area (Å²) in [4.78, 5) is 15.0. The van der Waals surface area contributed by atoms with Crippen molar-refractivity contribution in [2.45, 2.75) is 58.8 Å². The second-order valence-electron chi connectivity index (χ2n) is 9.21. The molecule has 3 heteroatoms. The minimum atomic E-state index is 0.0929. The summed E-state index contributed by atoms with van der Waals surface area (Å²) in [6, 6.07) is 19.5. The van der Waals surface area contributed by atoms with E-state index in [0.717, 1.165) is 28.3 Å². The van der Waals surface area contributed by atoms with E-state index >= 15 is 0 Å². The van der Waals surface area contributed by atoms with Crippen molar-refractivity contribution in [3.63, 3.8) is 0 Å². The topological polar surface area (TPSA) is 25.2 Å². The number of aryl methyl sites for hydroxylation is 1. The quantitative estimate of drug-likeness (QED) is 0.412. The van der Waals surface area contributed by atoms with E-state index in [2.05, 4.69) is 60.9 Å². The predicted octanol–water partition coefficient (Wildman–Crippen LogP) is 7.05. The molecule has 2 heterocycles. The van der Waals surface area contributed by atoms with Crippen LogP contribution in [0.4, 0.5) is 5.69 Å². The van der Waals surface area contributed by atoms with Gasteiger partial charge in [-0.15, -0.1) is 0 Å². The van der Waals surface area contributed by atoms with E-state index in [9.17, 15) is 4.79 Å². The van der Waals surface area contributed by atoms with Gasteiger partial charge in [0.05, 0.1) is 5.69 Å². The monoisotopic (exact) mass is 424 g/mol. The van der Waals surface area contributed by atoms with Gasteiger partial charge in [-0.05, 0) is 81.0 Å². The third-order valence-electron chi connectivity index (χ3n) is 7.27. The van der Waals surface area contributed by atoms with Gasteiger partial charge in [-0.3, -0.25) is 4.79 Å². The van der Waals surface area contributed by atoms with Gasteiger partial charge in [-0.1, -0.05) is 49.6 Å². The first kappa shape index (κ1) is 20.8. The van der Waals surface area contributed by atoms with Gasteiger partial charge in [0.2, 0.25) is 0 Å². The molecule has 1 saturated carbocycles. The van der Waals surface area contributed by atoms with Crippen LogP contribution in [0.3, 0.4) is 0 Å². The van der Waals surface area contributed by atoms with Crippen LogP contribution in [0, 0.1) is 13.8 Å². The van der Waals surface area contributed by atoms with Gasteiger partial charge in [0.1, 0.15) is 0 Å². The maximum absolute atomic E-state index is 13.1. The Balaban J connectivity index is 1.49. The van der Waals surface area contributed by atoms with Crippen molar-refractivity contribution < 1.29 is 4.79 Å². The number of fused-ring (bicyclic) bond motifs is 1. The minimum absolute atomic E-state index is 0.0929. The van der Waals surface area contributed by atoms with Crippen molar-refractivity contribution in [2.24, 2.45) is 0 Å². The van der Waals surface area contributed by atoms with Gasteiger partial charge >= 0.3 is 0 Å². The Morgan fingerprint density at radius 1 is 0.969 bits per heavy atom. The predicted molar refractivity (Wildman–Crippen MR) is 133 cm³/mol. The van der Waals surface area contributed by atoms with E-state index in [1.54, 1.807) is 0 Å². The lowest BCUT2D eigenvalue weighted by Gasteiger charge is -2.22. The Bertz CT molecular complexity index is 1180. The molecule has 1 aliphatic carbocycles. The lowest BCUT2D eigenvalue weighted by molar-refractivity contribution is -0.112. The third kappa shape index (κ3) is 3.50. The molecule has 2 aliphatic rings. The van der Waals surface area contributed by atoms with Crippen LogP contribution in [0.15, 0.2) is 54.6 Å². The molecule has 0 unspecified atom stereocenters. The van der Waals surface area contributed by atoms with Crippen molar-refractivity contribution in [1.82, 2.24) is 4.57 Å². The lowest BCUT2D eigenvalue weighted by Crippen LogP contribution is -2.25. The van der Waals surface area contributed by atoms with E-state index in [-0.39, 0.29) is 5.91 Å². The SMILES string of the molecule is CCN1C(=O)/C(=C/c2cc(C)n(-c3ccc(C4CCCCC4)cc3)c2C)c2ccccc21. The van der Waals surface area contributed by atoms with Crippen LogP contribution in [0.25, 0.3) is 17.3 Å². The summed E-state index contributed by atoms with van der Waals surface area (Å²) in [7, 11) is 0. The van der Waals surface area contributed by atoms with Crippen molar-refractivity contribution >= 4 is 23.2 Å². The second kappa shape index (κ2) is 8.46. The molecule has 1 aromatic heterocycles. The van der Waals surface area contributed by atoms with E-state index in [0.29, 0.717) is 6.54 Å². The molecule has 0 saturated heterocycles. The molecule has 3 aromatic rings. The number of carbonyl (C=O) groups is 1. The maximum Gasteiger partial charge on any atom is 0.258 e. The van der Waals surface area contributed by atoms with E-state index in [4.69, 9.17) is 0 Å². The number of aromatic nitrogens is 1. The molecule has 2 aromatic carbocycles. The molecule has 0 atom stereocenters. The van der Waals surface area contributed by atoms with Crippen molar-refractivity contribution in [2.75, 3.05) is 11.4 Å². The molecular weight excluding hydrogens is 392 g/mol. The Morgan fingerprint density at radius 3 is 2.41 bits per heavy atom. The zero-order chi connectivity index (χ0) is 22.2. The number of hydrogen-bond acceptors (Lipinski definition) is 1.